The van der Waals surface area contributed by atoms with Crippen molar-refractivity contribution in [1.82, 2.24) is 0 Å². The Labute approximate surface area is 80.1 Å². The van der Waals surface area contributed by atoms with Crippen LogP contribution in [0.4, 0.5) is 10.1 Å². The molecule has 0 heterocycles. The Bertz CT molecular complexity index is 354. The Balaban J connectivity index is 3.12. The molecule has 0 aromatic heterocycles. The highest BCUT2D eigenvalue weighted by Gasteiger charge is 2.14. The van der Waals surface area contributed by atoms with Crippen molar-refractivity contribution in [3.8, 4) is 0 Å². The molecule has 0 aliphatic carbocycles. The van der Waals surface area contributed by atoms with Gasteiger partial charge in [-0.15, -0.1) is 0 Å². The van der Waals surface area contributed by atoms with Crippen LogP contribution in [0.15, 0.2) is 18.2 Å². The fourth-order valence-electron chi connectivity index (χ4n) is 1.12. The SMILES string of the molecule is Cc1ccc(C(O)CF)cc1[N+](=O)[O-]. The van der Waals surface area contributed by atoms with E-state index in [0.29, 0.717) is 5.56 Å². The molecule has 1 atom stereocenters. The molecule has 1 unspecified atom stereocenters. The molecule has 0 aliphatic rings. The molecule has 1 aromatic rings. The first-order valence-electron chi connectivity index (χ1n) is 4.05. The highest BCUT2D eigenvalue weighted by atomic mass is 19.1. The summed E-state index contributed by atoms with van der Waals surface area (Å²) in [5.74, 6) is 0. The van der Waals surface area contributed by atoms with Crippen molar-refractivity contribution in [3.05, 3.63) is 39.4 Å². The zero-order valence-electron chi connectivity index (χ0n) is 7.61. The van der Waals surface area contributed by atoms with Crippen LogP contribution in [0.25, 0.3) is 0 Å². The molecule has 0 spiro atoms. The van der Waals surface area contributed by atoms with Crippen LogP contribution in [0.3, 0.4) is 0 Å². The Morgan fingerprint density at radius 3 is 2.79 bits per heavy atom. The molecule has 5 heteroatoms. The van der Waals surface area contributed by atoms with E-state index in [1.165, 1.54) is 18.2 Å². The van der Waals surface area contributed by atoms with Gasteiger partial charge in [-0.2, -0.15) is 0 Å². The number of nitrogens with zero attached hydrogens (tertiary/aromatic N) is 1. The maximum atomic E-state index is 12.1. The zero-order chi connectivity index (χ0) is 10.7. The molecule has 0 fully saturated rings. The minimum atomic E-state index is -1.28. The average molecular weight is 199 g/mol. The minimum Gasteiger partial charge on any atom is -0.386 e. The van der Waals surface area contributed by atoms with E-state index in [0.717, 1.165) is 0 Å². The van der Waals surface area contributed by atoms with E-state index in [2.05, 4.69) is 0 Å². The second-order valence-electron chi connectivity index (χ2n) is 2.97. The average Bonchev–Trinajstić information content (AvgIpc) is 2.17. The molecule has 0 bridgehead atoms. The highest BCUT2D eigenvalue weighted by molar-refractivity contribution is 5.43. The third kappa shape index (κ3) is 2.05. The molecule has 1 rings (SSSR count). The highest BCUT2D eigenvalue weighted by Crippen LogP contribution is 2.23. The fraction of sp³-hybridized carbons (Fsp3) is 0.333. The molecule has 0 radical (unpaired) electrons. The summed E-state index contributed by atoms with van der Waals surface area (Å²) >= 11 is 0. The largest absolute Gasteiger partial charge is 0.386 e. The van der Waals surface area contributed by atoms with Crippen LogP contribution in [-0.2, 0) is 0 Å². The molecule has 0 amide bonds. The summed E-state index contributed by atoms with van der Waals surface area (Å²) in [4.78, 5) is 9.96. The van der Waals surface area contributed by atoms with Crippen molar-refractivity contribution >= 4 is 5.69 Å². The van der Waals surface area contributed by atoms with Gasteiger partial charge in [0.1, 0.15) is 12.8 Å². The van der Waals surface area contributed by atoms with Crippen molar-refractivity contribution in [2.75, 3.05) is 6.67 Å². The van der Waals surface area contributed by atoms with E-state index in [1.54, 1.807) is 6.92 Å². The van der Waals surface area contributed by atoms with Crippen molar-refractivity contribution < 1.29 is 14.4 Å². The Hall–Kier alpha value is -1.49. The summed E-state index contributed by atoms with van der Waals surface area (Å²) in [5.41, 5.74) is 0.615. The molecule has 14 heavy (non-hydrogen) atoms. The fourth-order valence-corrected chi connectivity index (χ4v) is 1.12. The van der Waals surface area contributed by atoms with Gasteiger partial charge in [-0.05, 0) is 12.5 Å². The topological polar surface area (TPSA) is 63.4 Å². The number of aryl methyl sites for hydroxylation is 1. The second-order valence-corrected chi connectivity index (χ2v) is 2.97. The lowest BCUT2D eigenvalue weighted by Crippen LogP contribution is -2.01. The number of nitro benzene ring substituents is 1. The number of aliphatic hydroxyl groups excluding tert-OH is 1. The molecule has 76 valence electrons. The normalized spacial score (nSPS) is 12.5. The standard InChI is InChI=1S/C9H10FNO3/c1-6-2-3-7(9(12)5-10)4-8(6)11(13)14/h2-4,9,12H,5H2,1H3. The number of alkyl halides is 1. The van der Waals surface area contributed by atoms with Gasteiger partial charge in [-0.3, -0.25) is 10.1 Å². The van der Waals surface area contributed by atoms with Gasteiger partial charge in [-0.25, -0.2) is 4.39 Å². The Morgan fingerprint density at radius 2 is 2.29 bits per heavy atom. The lowest BCUT2D eigenvalue weighted by Gasteiger charge is -2.06. The van der Waals surface area contributed by atoms with E-state index in [-0.39, 0.29) is 11.3 Å². The second kappa shape index (κ2) is 4.15. The first kappa shape index (κ1) is 10.6. The lowest BCUT2D eigenvalue weighted by molar-refractivity contribution is -0.385. The van der Waals surface area contributed by atoms with Gasteiger partial charge in [0.15, 0.2) is 0 Å². The van der Waals surface area contributed by atoms with Crippen molar-refractivity contribution in [1.29, 1.82) is 0 Å². The summed E-state index contributed by atoms with van der Waals surface area (Å²) in [6.45, 7) is 0.643. The van der Waals surface area contributed by atoms with Crippen LogP contribution >= 0.6 is 0 Å². The number of hydrogen-bond donors (Lipinski definition) is 1. The van der Waals surface area contributed by atoms with Crippen LogP contribution in [0.1, 0.15) is 17.2 Å². The number of nitro groups is 1. The first-order chi connectivity index (χ1) is 6.56. The third-order valence-corrected chi connectivity index (χ3v) is 1.96. The van der Waals surface area contributed by atoms with Crippen LogP contribution in [0.2, 0.25) is 0 Å². The van der Waals surface area contributed by atoms with E-state index >= 15 is 0 Å². The third-order valence-electron chi connectivity index (χ3n) is 1.96. The van der Waals surface area contributed by atoms with Gasteiger partial charge in [0, 0.05) is 11.6 Å². The molecule has 0 saturated carbocycles. The Morgan fingerprint density at radius 1 is 1.64 bits per heavy atom. The Kier molecular flexibility index (Phi) is 3.14. The van der Waals surface area contributed by atoms with Crippen LogP contribution in [0, 0.1) is 17.0 Å². The van der Waals surface area contributed by atoms with E-state index in [9.17, 15) is 14.5 Å². The summed E-state index contributed by atoms with van der Waals surface area (Å²) in [6, 6.07) is 4.17. The number of rotatable bonds is 3. The molecule has 1 aromatic carbocycles. The van der Waals surface area contributed by atoms with E-state index in [1.807, 2.05) is 0 Å². The summed E-state index contributed by atoms with van der Waals surface area (Å²) in [6.07, 6.45) is -1.28. The van der Waals surface area contributed by atoms with Crippen LogP contribution < -0.4 is 0 Å². The van der Waals surface area contributed by atoms with Crippen molar-refractivity contribution in [3.63, 3.8) is 0 Å². The summed E-state index contributed by atoms with van der Waals surface area (Å²) < 4.78 is 12.1. The predicted octanol–water partition coefficient (Wildman–Crippen LogP) is 1.91. The molecular weight excluding hydrogens is 189 g/mol. The molecule has 0 aliphatic heterocycles. The van der Waals surface area contributed by atoms with E-state index in [4.69, 9.17) is 5.11 Å². The smallest absolute Gasteiger partial charge is 0.272 e. The van der Waals surface area contributed by atoms with E-state index < -0.39 is 17.7 Å². The van der Waals surface area contributed by atoms with Crippen LogP contribution in [-0.4, -0.2) is 16.7 Å². The number of halogens is 1. The maximum absolute atomic E-state index is 12.1. The molecule has 0 saturated heterocycles. The van der Waals surface area contributed by atoms with Gasteiger partial charge in [0.05, 0.1) is 4.92 Å². The van der Waals surface area contributed by atoms with Gasteiger partial charge in [0.25, 0.3) is 5.69 Å². The number of benzene rings is 1. The number of aliphatic hydroxyl groups is 1. The van der Waals surface area contributed by atoms with Gasteiger partial charge in [-0.1, -0.05) is 12.1 Å². The maximum Gasteiger partial charge on any atom is 0.272 e. The zero-order valence-corrected chi connectivity index (χ0v) is 7.61. The van der Waals surface area contributed by atoms with Gasteiger partial charge >= 0.3 is 0 Å². The van der Waals surface area contributed by atoms with Gasteiger partial charge in [0.2, 0.25) is 0 Å². The van der Waals surface area contributed by atoms with Crippen molar-refractivity contribution in [2.45, 2.75) is 13.0 Å². The molecule has 1 N–H and O–H groups in total. The summed E-state index contributed by atoms with van der Waals surface area (Å²) in [5, 5.41) is 19.6. The van der Waals surface area contributed by atoms with Crippen LogP contribution in [0.5, 0.6) is 0 Å². The number of hydrogen-bond acceptors (Lipinski definition) is 3. The van der Waals surface area contributed by atoms with Crippen molar-refractivity contribution in [2.24, 2.45) is 0 Å². The van der Waals surface area contributed by atoms with Gasteiger partial charge < -0.3 is 5.11 Å². The first-order valence-corrected chi connectivity index (χ1v) is 4.05. The monoisotopic (exact) mass is 199 g/mol. The quantitative estimate of drug-likeness (QED) is 0.597. The minimum absolute atomic E-state index is 0.102. The molecule has 4 nitrogen and oxygen atoms in total. The summed E-state index contributed by atoms with van der Waals surface area (Å²) in [7, 11) is 0. The lowest BCUT2D eigenvalue weighted by atomic mass is 10.1. The molecular formula is C9H10FNO3. The predicted molar refractivity (Wildman–Crippen MR) is 48.8 cm³/mol.